The van der Waals surface area contributed by atoms with Crippen LogP contribution in [0.1, 0.15) is 12.8 Å². The summed E-state index contributed by atoms with van der Waals surface area (Å²) in [5.74, 6) is 0. The van der Waals surface area contributed by atoms with E-state index in [2.05, 4.69) is 0 Å². The van der Waals surface area contributed by atoms with E-state index in [1.165, 1.54) is 6.07 Å². The molecule has 1 aromatic carbocycles. The number of nitrogens with zero attached hydrogens (tertiary/aromatic N) is 2. The fourth-order valence-electron chi connectivity index (χ4n) is 2.43. The van der Waals surface area contributed by atoms with E-state index >= 15 is 0 Å². The molecule has 0 fully saturated rings. The third-order valence-corrected chi connectivity index (χ3v) is 3.27. The topological polar surface area (TPSA) is 74.7 Å². The van der Waals surface area contributed by atoms with Gasteiger partial charge in [0, 0.05) is 25.2 Å². The van der Waals surface area contributed by atoms with Crippen LogP contribution in [-0.4, -0.2) is 14.6 Å². The van der Waals surface area contributed by atoms with E-state index in [4.69, 9.17) is 5.21 Å². The first-order chi connectivity index (χ1) is 8.18. The van der Waals surface area contributed by atoms with Gasteiger partial charge in [-0.1, -0.05) is 0 Å². The van der Waals surface area contributed by atoms with Crippen LogP contribution in [0.5, 0.6) is 0 Å². The Morgan fingerprint density at radius 2 is 1.94 bits per heavy atom. The fraction of sp³-hybridized carbons (Fsp3) is 0.364. The van der Waals surface area contributed by atoms with Gasteiger partial charge in [-0.25, -0.2) is 9.89 Å². The highest BCUT2D eigenvalue weighted by Crippen LogP contribution is 2.18. The second kappa shape index (κ2) is 3.69. The van der Waals surface area contributed by atoms with Crippen molar-refractivity contribution < 1.29 is 10.4 Å². The summed E-state index contributed by atoms with van der Waals surface area (Å²) in [5, 5.41) is 19.3. The molecular formula is C11H13N3O3. The predicted molar refractivity (Wildman–Crippen MR) is 61.2 cm³/mol. The molecule has 6 nitrogen and oxygen atoms in total. The van der Waals surface area contributed by atoms with Crippen LogP contribution in [-0.2, 0) is 13.1 Å². The molecule has 0 aliphatic carbocycles. The lowest BCUT2D eigenvalue weighted by Gasteiger charge is -2.17. The summed E-state index contributed by atoms with van der Waals surface area (Å²) in [6.07, 6.45) is 2.06. The molecule has 1 aliphatic rings. The van der Waals surface area contributed by atoms with Crippen molar-refractivity contribution in [3.63, 3.8) is 0 Å². The van der Waals surface area contributed by atoms with Crippen LogP contribution in [0.15, 0.2) is 23.0 Å². The Balaban J connectivity index is 2.31. The summed E-state index contributed by atoms with van der Waals surface area (Å²) in [7, 11) is 0. The van der Waals surface area contributed by atoms with Crippen LogP contribution in [0, 0.1) is 5.21 Å². The quantitative estimate of drug-likeness (QED) is 0.683. The van der Waals surface area contributed by atoms with Crippen molar-refractivity contribution in [3.8, 4) is 0 Å². The van der Waals surface area contributed by atoms with Gasteiger partial charge in [0.2, 0.25) is 0 Å². The largest absolute Gasteiger partial charge is 0.595 e. The molecule has 2 N–H and O–H groups in total. The van der Waals surface area contributed by atoms with Crippen LogP contribution in [0.4, 0.5) is 5.69 Å². The van der Waals surface area contributed by atoms with Gasteiger partial charge in [-0.15, -0.1) is 0 Å². The molecule has 90 valence electrons. The lowest BCUT2D eigenvalue weighted by atomic mass is 10.2. The zero-order valence-corrected chi connectivity index (χ0v) is 9.22. The molecule has 0 bridgehead atoms. The van der Waals surface area contributed by atoms with Gasteiger partial charge in [0.25, 0.3) is 5.56 Å². The Kier molecular flexibility index (Phi) is 2.29. The van der Waals surface area contributed by atoms with E-state index < -0.39 is 5.23 Å². The van der Waals surface area contributed by atoms with Crippen LogP contribution in [0.2, 0.25) is 0 Å². The van der Waals surface area contributed by atoms with Crippen LogP contribution < -0.4 is 10.8 Å². The summed E-state index contributed by atoms with van der Waals surface area (Å²) in [6, 6.07) is 4.74. The predicted octanol–water partition coefficient (Wildman–Crippen LogP) is 0.000200. The molecular weight excluding hydrogens is 222 g/mol. The number of benzene rings is 1. The third-order valence-electron chi connectivity index (χ3n) is 3.27. The molecule has 1 atom stereocenters. The molecule has 17 heavy (non-hydrogen) atoms. The van der Waals surface area contributed by atoms with Gasteiger partial charge in [0.1, 0.15) is 0 Å². The SMILES string of the molecule is O=c1c2cc([NH+]([O-])O)ccc2n2n1CCCC2. The molecule has 2 heterocycles. The lowest BCUT2D eigenvalue weighted by Crippen LogP contribution is -2.99. The summed E-state index contributed by atoms with van der Waals surface area (Å²) in [6.45, 7) is 1.54. The van der Waals surface area contributed by atoms with E-state index in [0.29, 0.717) is 5.39 Å². The molecule has 1 aliphatic heterocycles. The molecule has 0 amide bonds. The Morgan fingerprint density at radius 1 is 1.24 bits per heavy atom. The molecule has 2 aromatic rings. The van der Waals surface area contributed by atoms with Crippen molar-refractivity contribution in [2.45, 2.75) is 25.9 Å². The summed E-state index contributed by atoms with van der Waals surface area (Å²) < 4.78 is 3.66. The number of aromatic nitrogens is 2. The molecule has 0 saturated heterocycles. The van der Waals surface area contributed by atoms with Crippen LogP contribution >= 0.6 is 0 Å². The van der Waals surface area contributed by atoms with Gasteiger partial charge in [0.15, 0.2) is 5.69 Å². The first-order valence-electron chi connectivity index (χ1n) is 5.65. The maximum atomic E-state index is 12.1. The first-order valence-corrected chi connectivity index (χ1v) is 5.65. The Labute approximate surface area is 96.8 Å². The summed E-state index contributed by atoms with van der Waals surface area (Å²) in [5.41, 5.74) is 0.917. The number of nitrogens with one attached hydrogen (secondary N) is 1. The van der Waals surface area contributed by atoms with E-state index in [9.17, 15) is 10.0 Å². The standard InChI is InChI=1S/C11H13N3O3/c15-11-9-7-8(14(16)17)3-4-10(9)12-5-1-2-6-13(11)12/h3-4,7,14,16H,1-2,5-6H2. The number of hydrogen-bond acceptors (Lipinski definition) is 3. The number of hydrogen-bond donors (Lipinski definition) is 2. The molecule has 3 rings (SSSR count). The maximum absolute atomic E-state index is 12.1. The Hall–Kier alpha value is -1.63. The smallest absolute Gasteiger partial charge is 0.274 e. The fourth-order valence-corrected chi connectivity index (χ4v) is 2.43. The minimum Gasteiger partial charge on any atom is -0.595 e. The van der Waals surface area contributed by atoms with E-state index in [-0.39, 0.29) is 11.2 Å². The van der Waals surface area contributed by atoms with Crippen molar-refractivity contribution in [2.24, 2.45) is 0 Å². The monoisotopic (exact) mass is 235 g/mol. The summed E-state index contributed by atoms with van der Waals surface area (Å²) >= 11 is 0. The number of fused-ring (bicyclic) bond motifs is 3. The van der Waals surface area contributed by atoms with Gasteiger partial charge in [-0.05, 0) is 18.9 Å². The number of aryl methyl sites for hydroxylation is 1. The van der Waals surface area contributed by atoms with Crippen molar-refractivity contribution in [1.29, 1.82) is 0 Å². The molecule has 1 unspecified atom stereocenters. The average Bonchev–Trinajstić information content (AvgIpc) is 2.64. The second-order valence-electron chi connectivity index (χ2n) is 4.30. The maximum Gasteiger partial charge on any atom is 0.274 e. The summed E-state index contributed by atoms with van der Waals surface area (Å²) in [4.78, 5) is 12.1. The minimum absolute atomic E-state index is 0.0807. The second-order valence-corrected chi connectivity index (χ2v) is 4.30. The highest BCUT2D eigenvalue weighted by atomic mass is 16.8. The van der Waals surface area contributed by atoms with Gasteiger partial charge < -0.3 is 5.21 Å². The van der Waals surface area contributed by atoms with Crippen LogP contribution in [0.3, 0.4) is 0 Å². The van der Waals surface area contributed by atoms with Gasteiger partial charge in [-0.2, -0.15) is 5.23 Å². The van der Waals surface area contributed by atoms with Crippen molar-refractivity contribution in [2.75, 3.05) is 0 Å². The van der Waals surface area contributed by atoms with Gasteiger partial charge in [0.05, 0.1) is 10.9 Å². The molecule has 0 spiro atoms. The van der Waals surface area contributed by atoms with E-state index in [0.717, 1.165) is 31.4 Å². The van der Waals surface area contributed by atoms with Gasteiger partial charge in [-0.3, -0.25) is 9.48 Å². The highest BCUT2D eigenvalue weighted by molar-refractivity contribution is 5.81. The van der Waals surface area contributed by atoms with Crippen molar-refractivity contribution in [3.05, 3.63) is 33.8 Å². The van der Waals surface area contributed by atoms with E-state index in [1.54, 1.807) is 16.8 Å². The van der Waals surface area contributed by atoms with E-state index in [1.807, 2.05) is 4.68 Å². The lowest BCUT2D eigenvalue weighted by molar-refractivity contribution is -0.991. The molecule has 0 saturated carbocycles. The van der Waals surface area contributed by atoms with Crippen molar-refractivity contribution in [1.82, 2.24) is 9.36 Å². The van der Waals surface area contributed by atoms with Crippen molar-refractivity contribution >= 4 is 16.6 Å². The highest BCUT2D eigenvalue weighted by Gasteiger charge is 2.17. The average molecular weight is 235 g/mol. The first kappa shape index (κ1) is 10.5. The Morgan fingerprint density at radius 3 is 2.65 bits per heavy atom. The molecule has 6 heteroatoms. The normalized spacial score (nSPS) is 17.1. The Bertz CT molecular complexity index is 627. The third kappa shape index (κ3) is 1.49. The number of quaternary nitrogens is 1. The minimum atomic E-state index is -1.000. The van der Waals surface area contributed by atoms with Gasteiger partial charge >= 0.3 is 0 Å². The molecule has 1 aromatic heterocycles. The zero-order chi connectivity index (χ0) is 12.0. The van der Waals surface area contributed by atoms with Crippen LogP contribution in [0.25, 0.3) is 10.9 Å². The zero-order valence-electron chi connectivity index (χ0n) is 9.22. The molecule has 0 radical (unpaired) electrons. The number of rotatable bonds is 1.